The second-order valence-corrected chi connectivity index (χ2v) is 8.57. The minimum Gasteiger partial charge on any atom is -0.493 e. The first-order valence-corrected chi connectivity index (χ1v) is 11.2. The fourth-order valence-corrected chi connectivity index (χ4v) is 3.82. The average Bonchev–Trinajstić information content (AvgIpc) is 3.65. The molecule has 0 aromatic heterocycles. The molecule has 1 atom stereocenters. The van der Waals surface area contributed by atoms with Crippen molar-refractivity contribution in [3.05, 3.63) is 47.5 Å². The van der Waals surface area contributed by atoms with Gasteiger partial charge < -0.3 is 29.6 Å². The molecule has 2 aromatic carbocycles. The molecule has 2 aliphatic rings. The molecule has 0 spiro atoms. The van der Waals surface area contributed by atoms with E-state index in [2.05, 4.69) is 10.6 Å². The molecule has 1 fully saturated rings. The summed E-state index contributed by atoms with van der Waals surface area (Å²) in [6.07, 6.45) is 2.13. The number of hydrogen-bond acceptors (Lipinski definition) is 6. The Labute approximate surface area is 193 Å². The van der Waals surface area contributed by atoms with Crippen LogP contribution in [0.1, 0.15) is 48.7 Å². The summed E-state index contributed by atoms with van der Waals surface area (Å²) in [5.74, 6) is 2.20. The summed E-state index contributed by atoms with van der Waals surface area (Å²) in [5.41, 5.74) is 1.45. The van der Waals surface area contributed by atoms with E-state index in [9.17, 15) is 9.59 Å². The van der Waals surface area contributed by atoms with Gasteiger partial charge in [-0.05, 0) is 68.5 Å². The number of carbonyl (C=O) groups excluding carboxylic acids is 2. The van der Waals surface area contributed by atoms with Crippen LogP contribution in [-0.4, -0.2) is 44.8 Å². The zero-order valence-electron chi connectivity index (χ0n) is 19.2. The lowest BCUT2D eigenvalue weighted by molar-refractivity contribution is -0.123. The van der Waals surface area contributed by atoms with E-state index in [1.165, 1.54) is 7.11 Å². The topological polar surface area (TPSA) is 95.1 Å². The van der Waals surface area contributed by atoms with Crippen molar-refractivity contribution < 1.29 is 28.5 Å². The summed E-state index contributed by atoms with van der Waals surface area (Å²) >= 11 is 0. The number of hydrogen-bond donors (Lipinski definition) is 2. The van der Waals surface area contributed by atoms with Crippen LogP contribution in [0.5, 0.6) is 23.0 Å². The molecular weight excluding hydrogens is 424 g/mol. The third kappa shape index (κ3) is 5.69. The third-order valence-electron chi connectivity index (χ3n) is 5.54. The maximum atomic E-state index is 13.1. The number of amides is 2. The Morgan fingerprint density at radius 1 is 1.00 bits per heavy atom. The van der Waals surface area contributed by atoms with Crippen molar-refractivity contribution >= 4 is 11.8 Å². The van der Waals surface area contributed by atoms with Crippen LogP contribution in [-0.2, 0) is 4.79 Å². The second-order valence-electron chi connectivity index (χ2n) is 8.57. The lowest BCUT2D eigenvalue weighted by Gasteiger charge is -2.23. The Hall–Kier alpha value is -3.42. The smallest absolute Gasteiger partial charge is 0.258 e. The Morgan fingerprint density at radius 3 is 2.45 bits per heavy atom. The summed E-state index contributed by atoms with van der Waals surface area (Å²) < 4.78 is 22.3. The summed E-state index contributed by atoms with van der Waals surface area (Å²) in [6, 6.07) is 10.7. The minimum absolute atomic E-state index is 0.0303. The lowest BCUT2D eigenvalue weighted by Crippen LogP contribution is -2.34. The molecule has 2 aromatic rings. The molecule has 0 saturated heterocycles. The van der Waals surface area contributed by atoms with E-state index in [0.717, 1.165) is 24.2 Å². The molecule has 1 aliphatic heterocycles. The van der Waals surface area contributed by atoms with E-state index in [1.807, 2.05) is 32.0 Å². The SMILES string of the molecule is COc1cc(C(=O)NC(c2ccc3c(c2)OCCO3)C2CC2)ccc1OCC(=O)NC(C)C. The van der Waals surface area contributed by atoms with Gasteiger partial charge in [0.25, 0.3) is 11.8 Å². The highest BCUT2D eigenvalue weighted by molar-refractivity contribution is 5.95. The normalized spacial score (nSPS) is 15.5. The largest absolute Gasteiger partial charge is 0.493 e. The monoisotopic (exact) mass is 454 g/mol. The number of carbonyl (C=O) groups is 2. The quantitative estimate of drug-likeness (QED) is 0.604. The van der Waals surface area contributed by atoms with E-state index in [0.29, 0.717) is 41.9 Å². The fourth-order valence-electron chi connectivity index (χ4n) is 3.82. The molecule has 1 heterocycles. The van der Waals surface area contributed by atoms with Crippen molar-refractivity contribution in [1.82, 2.24) is 10.6 Å². The number of rotatable bonds is 9. The Morgan fingerprint density at radius 2 is 1.76 bits per heavy atom. The van der Waals surface area contributed by atoms with Gasteiger partial charge >= 0.3 is 0 Å². The molecule has 0 radical (unpaired) electrons. The Balaban J connectivity index is 1.46. The molecule has 2 amide bonds. The van der Waals surface area contributed by atoms with Gasteiger partial charge in [0.05, 0.1) is 13.2 Å². The maximum Gasteiger partial charge on any atom is 0.258 e. The Kier molecular flexibility index (Phi) is 6.91. The van der Waals surface area contributed by atoms with Crippen LogP contribution in [0.2, 0.25) is 0 Å². The molecular formula is C25H30N2O6. The maximum absolute atomic E-state index is 13.1. The van der Waals surface area contributed by atoms with Crippen LogP contribution in [0.25, 0.3) is 0 Å². The molecule has 8 heteroatoms. The number of benzene rings is 2. The van der Waals surface area contributed by atoms with Crippen LogP contribution in [0.3, 0.4) is 0 Å². The number of ether oxygens (including phenoxy) is 4. The van der Waals surface area contributed by atoms with Gasteiger partial charge in [-0.1, -0.05) is 6.07 Å². The van der Waals surface area contributed by atoms with E-state index < -0.39 is 0 Å². The van der Waals surface area contributed by atoms with Gasteiger partial charge in [0, 0.05) is 11.6 Å². The standard InChI is InChI=1S/C25H30N2O6/c1-15(2)26-23(28)14-33-19-9-7-18(13-21(19)30-3)25(29)27-24(16-4-5-16)17-6-8-20-22(12-17)32-11-10-31-20/h6-9,12-13,15-16,24H,4-5,10-11,14H2,1-3H3,(H,26,28)(H,27,29). The van der Waals surface area contributed by atoms with Gasteiger partial charge in [0.15, 0.2) is 29.6 Å². The molecule has 33 heavy (non-hydrogen) atoms. The van der Waals surface area contributed by atoms with Crippen LogP contribution in [0.4, 0.5) is 0 Å². The number of fused-ring (bicyclic) bond motifs is 1. The van der Waals surface area contributed by atoms with Crippen LogP contribution in [0, 0.1) is 5.92 Å². The summed E-state index contributed by atoms with van der Waals surface area (Å²) in [6.45, 7) is 4.69. The molecule has 1 unspecified atom stereocenters. The van der Waals surface area contributed by atoms with E-state index >= 15 is 0 Å². The predicted molar refractivity (Wildman–Crippen MR) is 122 cm³/mol. The van der Waals surface area contributed by atoms with Crippen molar-refractivity contribution in [2.45, 2.75) is 38.8 Å². The minimum atomic E-state index is -0.222. The first-order chi connectivity index (χ1) is 15.9. The van der Waals surface area contributed by atoms with Crippen molar-refractivity contribution in [3.63, 3.8) is 0 Å². The highest BCUT2D eigenvalue weighted by Gasteiger charge is 2.34. The van der Waals surface area contributed by atoms with E-state index in [4.69, 9.17) is 18.9 Å². The van der Waals surface area contributed by atoms with Crippen molar-refractivity contribution in [3.8, 4) is 23.0 Å². The summed E-state index contributed by atoms with van der Waals surface area (Å²) in [5, 5.41) is 5.93. The molecule has 1 aliphatic carbocycles. The van der Waals surface area contributed by atoms with E-state index in [1.54, 1.807) is 18.2 Å². The van der Waals surface area contributed by atoms with Gasteiger partial charge in [-0.2, -0.15) is 0 Å². The number of nitrogens with one attached hydrogen (secondary N) is 2. The molecule has 1 saturated carbocycles. The van der Waals surface area contributed by atoms with Gasteiger partial charge in [-0.15, -0.1) is 0 Å². The molecule has 176 valence electrons. The van der Waals surface area contributed by atoms with Gasteiger partial charge in [0.2, 0.25) is 0 Å². The van der Waals surface area contributed by atoms with Gasteiger partial charge in [-0.25, -0.2) is 0 Å². The van der Waals surface area contributed by atoms with Crippen LogP contribution < -0.4 is 29.6 Å². The fraction of sp³-hybridized carbons (Fsp3) is 0.440. The molecule has 2 N–H and O–H groups in total. The molecule has 0 bridgehead atoms. The van der Waals surface area contributed by atoms with Crippen molar-refractivity contribution in [1.29, 1.82) is 0 Å². The third-order valence-corrected chi connectivity index (χ3v) is 5.54. The summed E-state index contributed by atoms with van der Waals surface area (Å²) in [4.78, 5) is 24.9. The first kappa shape index (κ1) is 22.8. The van der Waals surface area contributed by atoms with Gasteiger partial charge in [-0.3, -0.25) is 9.59 Å². The zero-order chi connectivity index (χ0) is 23.4. The zero-order valence-corrected chi connectivity index (χ0v) is 19.2. The van der Waals surface area contributed by atoms with Crippen LogP contribution >= 0.6 is 0 Å². The van der Waals surface area contributed by atoms with Crippen LogP contribution in [0.15, 0.2) is 36.4 Å². The van der Waals surface area contributed by atoms with Crippen molar-refractivity contribution in [2.24, 2.45) is 5.92 Å². The summed E-state index contributed by atoms with van der Waals surface area (Å²) in [7, 11) is 1.50. The van der Waals surface area contributed by atoms with E-state index in [-0.39, 0.29) is 30.5 Å². The van der Waals surface area contributed by atoms with Crippen molar-refractivity contribution in [2.75, 3.05) is 26.9 Å². The molecule has 4 rings (SSSR count). The first-order valence-electron chi connectivity index (χ1n) is 11.2. The number of methoxy groups -OCH3 is 1. The highest BCUT2D eigenvalue weighted by Crippen LogP contribution is 2.43. The Bertz CT molecular complexity index is 1020. The van der Waals surface area contributed by atoms with Gasteiger partial charge in [0.1, 0.15) is 13.2 Å². The second kappa shape index (κ2) is 10.0. The average molecular weight is 455 g/mol. The highest BCUT2D eigenvalue weighted by atomic mass is 16.6. The molecule has 8 nitrogen and oxygen atoms in total. The predicted octanol–water partition coefficient (Wildman–Crippen LogP) is 3.25. The lowest BCUT2D eigenvalue weighted by atomic mass is 10.0.